The van der Waals surface area contributed by atoms with Crippen LogP contribution in [-0.2, 0) is 22.4 Å². The number of nitrogens with two attached hydrogens (primary N) is 1. The van der Waals surface area contributed by atoms with Crippen molar-refractivity contribution in [3.63, 3.8) is 0 Å². The Balaban J connectivity index is 1.58. The number of amides is 3. The van der Waals surface area contributed by atoms with Crippen LogP contribution in [0.15, 0.2) is 24.3 Å². The van der Waals surface area contributed by atoms with E-state index in [0.29, 0.717) is 22.0 Å². The molecule has 1 aromatic carbocycles. The molecular weight excluding hydrogens is 378 g/mol. The molecule has 4 rings (SSSR count). The zero-order valence-electron chi connectivity index (χ0n) is 15.5. The molecule has 0 spiro atoms. The summed E-state index contributed by atoms with van der Waals surface area (Å²) in [6.07, 6.45) is 3.10. The number of anilines is 2. The molecule has 7 nitrogen and oxygen atoms in total. The van der Waals surface area contributed by atoms with Gasteiger partial charge >= 0.3 is 0 Å². The molecule has 2 heterocycles. The summed E-state index contributed by atoms with van der Waals surface area (Å²) < 4.78 is 5.60. The van der Waals surface area contributed by atoms with Gasteiger partial charge in [0, 0.05) is 4.88 Å². The van der Waals surface area contributed by atoms with E-state index in [9.17, 15) is 14.4 Å². The van der Waals surface area contributed by atoms with E-state index in [0.717, 1.165) is 36.1 Å². The van der Waals surface area contributed by atoms with Gasteiger partial charge in [0.15, 0.2) is 6.10 Å². The number of carbonyl (C=O) groups is 3. The van der Waals surface area contributed by atoms with Gasteiger partial charge in [-0.05, 0) is 50.3 Å². The summed E-state index contributed by atoms with van der Waals surface area (Å²) in [5.74, 6) is -0.629. The van der Waals surface area contributed by atoms with Crippen molar-refractivity contribution in [3.8, 4) is 5.75 Å². The first-order valence-corrected chi connectivity index (χ1v) is 10.1. The molecule has 1 aliphatic carbocycles. The Labute approximate surface area is 166 Å². The Hall–Kier alpha value is -2.87. The lowest BCUT2D eigenvalue weighted by Gasteiger charge is -2.32. The number of carbonyl (C=O) groups excluding carboxylic acids is 3. The minimum atomic E-state index is -0.669. The number of para-hydroxylation sites is 2. The monoisotopic (exact) mass is 399 g/mol. The SMILES string of the molecule is CC1Oc2ccccc2N(CC(=O)Nc2sc3c(c2C(N)=O)CCCC3)C1=O. The number of aryl methyl sites for hydroxylation is 1. The second kappa shape index (κ2) is 7.27. The second-order valence-electron chi connectivity index (χ2n) is 6.98. The first kappa shape index (κ1) is 18.5. The van der Waals surface area contributed by atoms with Crippen LogP contribution in [-0.4, -0.2) is 30.4 Å². The Bertz CT molecular complexity index is 968. The largest absolute Gasteiger partial charge is 0.479 e. The Kier molecular flexibility index (Phi) is 4.80. The summed E-state index contributed by atoms with van der Waals surface area (Å²) in [5, 5.41) is 3.28. The maximum Gasteiger partial charge on any atom is 0.268 e. The molecule has 146 valence electrons. The third kappa shape index (κ3) is 3.24. The standard InChI is InChI=1S/C20H21N3O4S/c1-11-20(26)23(13-7-3-4-8-14(13)27-11)10-16(24)22-19-17(18(21)25)12-6-2-5-9-15(12)28-19/h3-4,7-8,11H,2,5-6,9-10H2,1H3,(H2,21,25)(H,22,24). The van der Waals surface area contributed by atoms with Crippen LogP contribution in [0.5, 0.6) is 5.75 Å². The number of fused-ring (bicyclic) bond motifs is 2. The molecule has 8 heteroatoms. The van der Waals surface area contributed by atoms with Gasteiger partial charge in [-0.25, -0.2) is 0 Å². The normalized spacial score (nSPS) is 18.1. The number of nitrogens with zero attached hydrogens (tertiary/aromatic N) is 1. The lowest BCUT2D eigenvalue weighted by Crippen LogP contribution is -2.47. The van der Waals surface area contributed by atoms with Gasteiger partial charge in [0.25, 0.3) is 11.8 Å². The summed E-state index contributed by atoms with van der Waals surface area (Å²) in [6.45, 7) is 1.49. The molecule has 1 atom stereocenters. The van der Waals surface area contributed by atoms with Crippen LogP contribution in [0.1, 0.15) is 40.6 Å². The molecule has 0 saturated heterocycles. The fraction of sp³-hybridized carbons (Fsp3) is 0.350. The summed E-state index contributed by atoms with van der Waals surface area (Å²) in [6, 6.07) is 7.11. The molecule has 3 N–H and O–H groups in total. The number of benzene rings is 1. The predicted octanol–water partition coefficient (Wildman–Crippen LogP) is 2.48. The van der Waals surface area contributed by atoms with Crippen LogP contribution >= 0.6 is 11.3 Å². The number of hydrogen-bond acceptors (Lipinski definition) is 5. The van der Waals surface area contributed by atoms with Crippen molar-refractivity contribution >= 4 is 39.7 Å². The van der Waals surface area contributed by atoms with E-state index >= 15 is 0 Å². The smallest absolute Gasteiger partial charge is 0.268 e. The molecule has 0 bridgehead atoms. The van der Waals surface area contributed by atoms with Crippen molar-refractivity contribution in [1.29, 1.82) is 0 Å². The third-order valence-corrected chi connectivity index (χ3v) is 6.25. The molecule has 0 fully saturated rings. The molecule has 28 heavy (non-hydrogen) atoms. The highest BCUT2D eigenvalue weighted by Gasteiger charge is 2.33. The molecule has 1 aromatic heterocycles. The number of nitrogens with one attached hydrogen (secondary N) is 1. The van der Waals surface area contributed by atoms with Crippen LogP contribution < -0.4 is 20.7 Å². The van der Waals surface area contributed by atoms with E-state index in [1.165, 1.54) is 16.2 Å². The highest BCUT2D eigenvalue weighted by atomic mass is 32.1. The van der Waals surface area contributed by atoms with E-state index in [4.69, 9.17) is 10.5 Å². The highest BCUT2D eigenvalue weighted by molar-refractivity contribution is 7.17. The molecular formula is C20H21N3O4S. The Morgan fingerprint density at radius 2 is 2.04 bits per heavy atom. The van der Waals surface area contributed by atoms with Gasteiger partial charge in [0.1, 0.15) is 17.3 Å². The van der Waals surface area contributed by atoms with Crippen LogP contribution in [0.4, 0.5) is 10.7 Å². The second-order valence-corrected chi connectivity index (χ2v) is 8.08. The van der Waals surface area contributed by atoms with Gasteiger partial charge in [-0.15, -0.1) is 11.3 Å². The van der Waals surface area contributed by atoms with Crippen molar-refractivity contribution in [3.05, 3.63) is 40.3 Å². The van der Waals surface area contributed by atoms with Gasteiger partial charge in [-0.2, -0.15) is 0 Å². The molecule has 0 saturated carbocycles. The number of ether oxygens (including phenoxy) is 1. The van der Waals surface area contributed by atoms with E-state index in [-0.39, 0.29) is 18.4 Å². The van der Waals surface area contributed by atoms with E-state index in [1.54, 1.807) is 25.1 Å². The van der Waals surface area contributed by atoms with Crippen molar-refractivity contribution in [2.45, 2.75) is 38.7 Å². The quantitative estimate of drug-likeness (QED) is 0.825. The van der Waals surface area contributed by atoms with Crippen molar-refractivity contribution in [2.75, 3.05) is 16.8 Å². The van der Waals surface area contributed by atoms with E-state index in [1.807, 2.05) is 6.07 Å². The van der Waals surface area contributed by atoms with Gasteiger partial charge in [-0.1, -0.05) is 12.1 Å². The average molecular weight is 399 g/mol. The topological polar surface area (TPSA) is 102 Å². The predicted molar refractivity (Wildman–Crippen MR) is 107 cm³/mol. The van der Waals surface area contributed by atoms with Crippen LogP contribution in [0.3, 0.4) is 0 Å². The van der Waals surface area contributed by atoms with E-state index in [2.05, 4.69) is 5.32 Å². The minimum Gasteiger partial charge on any atom is -0.479 e. The molecule has 1 unspecified atom stereocenters. The molecule has 1 aliphatic heterocycles. The van der Waals surface area contributed by atoms with Gasteiger partial charge < -0.3 is 15.8 Å². The zero-order valence-corrected chi connectivity index (χ0v) is 16.3. The molecule has 2 aromatic rings. The summed E-state index contributed by atoms with van der Waals surface area (Å²) in [4.78, 5) is 39.8. The first-order chi connectivity index (χ1) is 13.5. The minimum absolute atomic E-state index is 0.162. The van der Waals surface area contributed by atoms with E-state index < -0.39 is 12.0 Å². The van der Waals surface area contributed by atoms with Gasteiger partial charge in [0.05, 0.1) is 11.3 Å². The summed E-state index contributed by atoms with van der Waals surface area (Å²) >= 11 is 1.41. The summed E-state index contributed by atoms with van der Waals surface area (Å²) in [7, 11) is 0. The maximum absolute atomic E-state index is 12.7. The number of hydrogen-bond donors (Lipinski definition) is 2. The van der Waals surface area contributed by atoms with Gasteiger partial charge in [0.2, 0.25) is 5.91 Å². The van der Waals surface area contributed by atoms with Crippen LogP contribution in [0.2, 0.25) is 0 Å². The molecule has 0 radical (unpaired) electrons. The number of thiophene rings is 1. The lowest BCUT2D eigenvalue weighted by molar-refractivity contribution is -0.127. The first-order valence-electron chi connectivity index (χ1n) is 9.27. The lowest BCUT2D eigenvalue weighted by atomic mass is 9.95. The summed E-state index contributed by atoms with van der Waals surface area (Å²) in [5.41, 5.74) is 7.51. The third-order valence-electron chi connectivity index (χ3n) is 5.05. The zero-order chi connectivity index (χ0) is 19.8. The van der Waals surface area contributed by atoms with Crippen LogP contribution in [0.25, 0.3) is 0 Å². The highest BCUT2D eigenvalue weighted by Crippen LogP contribution is 2.38. The molecule has 2 aliphatic rings. The fourth-order valence-corrected chi connectivity index (χ4v) is 5.06. The van der Waals surface area contributed by atoms with Crippen LogP contribution in [0, 0.1) is 0 Å². The number of primary amides is 1. The Morgan fingerprint density at radius 3 is 2.82 bits per heavy atom. The van der Waals surface area contributed by atoms with Crippen molar-refractivity contribution < 1.29 is 19.1 Å². The van der Waals surface area contributed by atoms with Gasteiger partial charge in [-0.3, -0.25) is 19.3 Å². The maximum atomic E-state index is 12.7. The van der Waals surface area contributed by atoms with Crippen molar-refractivity contribution in [2.24, 2.45) is 5.73 Å². The molecule has 3 amide bonds. The average Bonchev–Trinajstić information content (AvgIpc) is 3.03. The van der Waals surface area contributed by atoms with Crippen molar-refractivity contribution in [1.82, 2.24) is 0 Å². The fourth-order valence-electron chi connectivity index (χ4n) is 3.75. The Morgan fingerprint density at radius 1 is 1.29 bits per heavy atom. The number of rotatable bonds is 4.